The third kappa shape index (κ3) is 4.20. The van der Waals surface area contributed by atoms with Crippen molar-refractivity contribution in [3.05, 3.63) is 59.6 Å². The van der Waals surface area contributed by atoms with Crippen LogP contribution in [0.4, 0.5) is 5.69 Å². The zero-order valence-corrected chi connectivity index (χ0v) is 18.6. The lowest BCUT2D eigenvalue weighted by molar-refractivity contribution is -0.136. The van der Waals surface area contributed by atoms with Gasteiger partial charge in [0.05, 0.1) is 44.3 Å². The molecule has 0 aliphatic carbocycles. The van der Waals surface area contributed by atoms with Crippen LogP contribution >= 0.6 is 0 Å². The van der Waals surface area contributed by atoms with E-state index in [1.54, 1.807) is 37.4 Å². The van der Waals surface area contributed by atoms with Crippen molar-refractivity contribution in [2.75, 3.05) is 38.7 Å². The Morgan fingerprint density at radius 3 is 2.79 bits per heavy atom. The number of β-amino-alcohol motifs (C(OH)–C–C–N with tert-alkyl or cyclic N) is 1. The Kier molecular flexibility index (Phi) is 6.55. The fraction of sp³-hybridized carbons (Fsp3) is 0.261. The van der Waals surface area contributed by atoms with E-state index in [2.05, 4.69) is 15.4 Å². The van der Waals surface area contributed by atoms with Crippen LogP contribution in [0.15, 0.2) is 54.0 Å². The number of hydrogen-bond acceptors (Lipinski definition) is 9. The number of aromatic nitrogens is 3. The zero-order chi connectivity index (χ0) is 24.2. The highest BCUT2D eigenvalue weighted by Gasteiger charge is 2.34. The molecule has 1 amide bonds. The molecule has 11 nitrogen and oxygen atoms in total. The smallest absolute Gasteiger partial charge is 0.343 e. The molecule has 1 aliphatic heterocycles. The van der Waals surface area contributed by atoms with Crippen LogP contribution in [-0.4, -0.2) is 75.9 Å². The van der Waals surface area contributed by atoms with Crippen molar-refractivity contribution in [1.29, 1.82) is 0 Å². The molecule has 0 radical (unpaired) electrons. The Balaban J connectivity index is 1.69. The fourth-order valence-corrected chi connectivity index (χ4v) is 3.71. The largest absolute Gasteiger partial charge is 0.466 e. The summed E-state index contributed by atoms with van der Waals surface area (Å²) in [7, 11) is 1.25. The number of nitrogens with one attached hydrogen (secondary N) is 1. The second-order valence-electron chi connectivity index (χ2n) is 7.35. The first kappa shape index (κ1) is 22.9. The molecule has 0 fully saturated rings. The molecule has 0 bridgehead atoms. The number of hydrogen-bond donors (Lipinski definition) is 2. The van der Waals surface area contributed by atoms with Crippen molar-refractivity contribution in [2.45, 2.75) is 6.92 Å². The summed E-state index contributed by atoms with van der Waals surface area (Å²) >= 11 is 0. The Bertz CT molecular complexity index is 1300. The third-order valence-electron chi connectivity index (χ3n) is 5.28. The number of ether oxygens (including phenoxy) is 2. The van der Waals surface area contributed by atoms with Crippen LogP contribution in [0.3, 0.4) is 0 Å². The van der Waals surface area contributed by atoms with E-state index in [-0.39, 0.29) is 43.1 Å². The molecule has 3 heterocycles. The quantitative estimate of drug-likeness (QED) is 0.471. The molecule has 1 aromatic carbocycles. The number of nitrogens with zero attached hydrogens (tertiary/aromatic N) is 4. The standard InChI is InChI=1S/C23H23N5O6/c1-3-34-23(32)16-12-25-28-18(7-8-24-20(16)28)14-5-4-6-15(11-14)26-19-17(22(31)33-2)13-27(9-10-29)21(19)30/h4-8,11-12,26,29H,3,9-10,13H2,1-2H3. The molecule has 11 heteroatoms. The summed E-state index contributed by atoms with van der Waals surface area (Å²) in [6.07, 6.45) is 2.98. The van der Waals surface area contributed by atoms with Crippen molar-refractivity contribution in [2.24, 2.45) is 0 Å². The first-order valence-corrected chi connectivity index (χ1v) is 10.6. The highest BCUT2D eigenvalue weighted by Crippen LogP contribution is 2.27. The average Bonchev–Trinajstić information content (AvgIpc) is 3.41. The van der Waals surface area contributed by atoms with Gasteiger partial charge in [-0.05, 0) is 25.1 Å². The summed E-state index contributed by atoms with van der Waals surface area (Å²) < 4.78 is 11.4. The second kappa shape index (κ2) is 9.71. The second-order valence-corrected chi connectivity index (χ2v) is 7.35. The molecular weight excluding hydrogens is 442 g/mol. The van der Waals surface area contributed by atoms with Gasteiger partial charge >= 0.3 is 11.9 Å². The number of carbonyl (C=O) groups excluding carboxylic acids is 3. The number of aliphatic hydroxyl groups is 1. The predicted octanol–water partition coefficient (Wildman–Crippen LogP) is 1.25. The minimum Gasteiger partial charge on any atom is -0.466 e. The number of aliphatic hydroxyl groups excluding tert-OH is 1. The van der Waals surface area contributed by atoms with Gasteiger partial charge in [0.25, 0.3) is 5.91 Å². The molecule has 0 unspecified atom stereocenters. The van der Waals surface area contributed by atoms with Crippen molar-refractivity contribution in [3.63, 3.8) is 0 Å². The molecule has 4 rings (SSSR count). The number of anilines is 1. The molecule has 0 saturated heterocycles. The number of amides is 1. The van der Waals surface area contributed by atoms with Crippen LogP contribution in [0.1, 0.15) is 17.3 Å². The lowest BCUT2D eigenvalue weighted by Crippen LogP contribution is -2.31. The number of methoxy groups -OCH3 is 1. The van der Waals surface area contributed by atoms with E-state index in [0.717, 1.165) is 5.56 Å². The maximum atomic E-state index is 12.8. The first-order chi connectivity index (χ1) is 16.5. The molecule has 34 heavy (non-hydrogen) atoms. The van der Waals surface area contributed by atoms with Gasteiger partial charge in [0.1, 0.15) is 11.3 Å². The molecule has 3 aromatic rings. The summed E-state index contributed by atoms with van der Waals surface area (Å²) in [6.45, 7) is 1.88. The summed E-state index contributed by atoms with van der Waals surface area (Å²) in [5.74, 6) is -1.53. The molecule has 0 saturated carbocycles. The highest BCUT2D eigenvalue weighted by molar-refractivity contribution is 6.08. The summed E-state index contributed by atoms with van der Waals surface area (Å²) in [5, 5.41) is 16.6. The van der Waals surface area contributed by atoms with E-state index in [9.17, 15) is 19.5 Å². The summed E-state index contributed by atoms with van der Waals surface area (Å²) in [6, 6.07) is 8.90. The Morgan fingerprint density at radius 1 is 1.24 bits per heavy atom. The first-order valence-electron chi connectivity index (χ1n) is 10.6. The average molecular weight is 465 g/mol. The van der Waals surface area contributed by atoms with Gasteiger partial charge in [-0.3, -0.25) is 4.79 Å². The Hall–Kier alpha value is -4.25. The van der Waals surface area contributed by atoms with Gasteiger partial charge in [0.15, 0.2) is 5.65 Å². The number of carbonyl (C=O) groups is 3. The summed E-state index contributed by atoms with van der Waals surface area (Å²) in [4.78, 5) is 42.9. The predicted molar refractivity (Wildman–Crippen MR) is 121 cm³/mol. The van der Waals surface area contributed by atoms with Crippen LogP contribution in [0.5, 0.6) is 0 Å². The number of benzene rings is 1. The van der Waals surface area contributed by atoms with E-state index in [0.29, 0.717) is 17.0 Å². The third-order valence-corrected chi connectivity index (χ3v) is 5.28. The normalized spacial score (nSPS) is 13.5. The van der Waals surface area contributed by atoms with Crippen LogP contribution in [0.25, 0.3) is 16.9 Å². The molecule has 2 N–H and O–H groups in total. The highest BCUT2D eigenvalue weighted by atomic mass is 16.5. The van der Waals surface area contributed by atoms with E-state index in [1.807, 2.05) is 6.07 Å². The van der Waals surface area contributed by atoms with Crippen LogP contribution in [-0.2, 0) is 19.1 Å². The SMILES string of the molecule is CCOC(=O)c1cnn2c(-c3cccc(NC4=C(C(=O)OC)CN(CCO)C4=O)c3)ccnc12. The van der Waals surface area contributed by atoms with E-state index in [4.69, 9.17) is 9.47 Å². The number of fused-ring (bicyclic) bond motifs is 1. The maximum absolute atomic E-state index is 12.8. The van der Waals surface area contributed by atoms with Crippen molar-refractivity contribution >= 4 is 29.2 Å². The van der Waals surface area contributed by atoms with E-state index >= 15 is 0 Å². The van der Waals surface area contributed by atoms with Gasteiger partial charge in [-0.1, -0.05) is 12.1 Å². The maximum Gasteiger partial charge on any atom is 0.343 e. The van der Waals surface area contributed by atoms with Crippen molar-refractivity contribution < 1.29 is 29.0 Å². The summed E-state index contributed by atoms with van der Waals surface area (Å²) in [5.41, 5.74) is 2.84. The number of esters is 2. The topological polar surface area (TPSA) is 135 Å². The lowest BCUT2D eigenvalue weighted by Gasteiger charge is -2.15. The Morgan fingerprint density at radius 2 is 2.06 bits per heavy atom. The molecule has 176 valence electrons. The van der Waals surface area contributed by atoms with Gasteiger partial charge < -0.3 is 24.8 Å². The molecule has 0 atom stereocenters. The van der Waals surface area contributed by atoms with Crippen LogP contribution in [0.2, 0.25) is 0 Å². The van der Waals surface area contributed by atoms with E-state index < -0.39 is 17.8 Å². The van der Waals surface area contributed by atoms with Crippen LogP contribution in [0, 0.1) is 0 Å². The number of rotatable bonds is 8. The van der Waals surface area contributed by atoms with Gasteiger partial charge in [0.2, 0.25) is 0 Å². The zero-order valence-electron chi connectivity index (χ0n) is 18.6. The van der Waals surface area contributed by atoms with Gasteiger partial charge in [-0.2, -0.15) is 5.10 Å². The van der Waals surface area contributed by atoms with Crippen molar-refractivity contribution in [3.8, 4) is 11.3 Å². The molecular formula is C23H23N5O6. The molecule has 2 aromatic heterocycles. The molecule has 1 aliphatic rings. The van der Waals surface area contributed by atoms with Gasteiger partial charge in [-0.15, -0.1) is 0 Å². The Labute approximate surface area is 194 Å². The lowest BCUT2D eigenvalue weighted by atomic mass is 10.1. The van der Waals surface area contributed by atoms with Gasteiger partial charge in [0, 0.05) is 24.0 Å². The van der Waals surface area contributed by atoms with Crippen LogP contribution < -0.4 is 5.32 Å². The van der Waals surface area contributed by atoms with E-state index in [1.165, 1.54) is 22.7 Å². The minimum atomic E-state index is -0.619. The monoisotopic (exact) mass is 465 g/mol. The fourth-order valence-electron chi connectivity index (χ4n) is 3.71. The minimum absolute atomic E-state index is 0.0446. The van der Waals surface area contributed by atoms with Crippen molar-refractivity contribution in [1.82, 2.24) is 19.5 Å². The van der Waals surface area contributed by atoms with Gasteiger partial charge in [-0.25, -0.2) is 19.1 Å². The molecule has 0 spiro atoms.